The number of methoxy groups -OCH3 is 1. The summed E-state index contributed by atoms with van der Waals surface area (Å²) in [6, 6.07) is 20.4. The molecule has 0 aliphatic carbocycles. The Kier molecular flexibility index (Phi) is 5.19. The van der Waals surface area contributed by atoms with Gasteiger partial charge in [-0.15, -0.1) is 0 Å². The van der Waals surface area contributed by atoms with Gasteiger partial charge in [0, 0.05) is 6.54 Å². The van der Waals surface area contributed by atoms with E-state index in [1.807, 2.05) is 54.6 Å². The van der Waals surface area contributed by atoms with Gasteiger partial charge in [0.2, 0.25) is 10.0 Å². The monoisotopic (exact) mass is 407 g/mol. The first kappa shape index (κ1) is 19.7. The number of benzene rings is 3. The van der Waals surface area contributed by atoms with Crippen LogP contribution in [0.25, 0.3) is 10.8 Å². The topological polar surface area (TPSA) is 46.6 Å². The van der Waals surface area contributed by atoms with Gasteiger partial charge < -0.3 is 4.74 Å². The predicted molar refractivity (Wildman–Crippen MR) is 116 cm³/mol. The van der Waals surface area contributed by atoms with Gasteiger partial charge in [-0.1, -0.05) is 61.0 Å². The molecule has 5 heteroatoms. The third-order valence-electron chi connectivity index (χ3n) is 5.75. The van der Waals surface area contributed by atoms with Gasteiger partial charge in [0.1, 0.15) is 5.75 Å². The van der Waals surface area contributed by atoms with Crippen LogP contribution in [-0.4, -0.2) is 26.4 Å². The highest BCUT2D eigenvalue weighted by molar-refractivity contribution is 7.89. The van der Waals surface area contributed by atoms with Crippen LogP contribution in [0.4, 0.5) is 0 Å². The Morgan fingerprint density at radius 1 is 0.966 bits per heavy atom. The second kappa shape index (κ2) is 7.65. The molecule has 4 nitrogen and oxygen atoms in total. The Morgan fingerprint density at radius 2 is 1.66 bits per heavy atom. The van der Waals surface area contributed by atoms with Crippen LogP contribution in [-0.2, 0) is 10.0 Å². The van der Waals surface area contributed by atoms with Crippen LogP contribution >= 0.6 is 0 Å². The second-order valence-corrected chi connectivity index (χ2v) is 9.50. The molecule has 29 heavy (non-hydrogen) atoms. The number of ether oxygens (including phenoxy) is 1. The molecule has 0 fully saturated rings. The molecule has 3 aromatic carbocycles. The minimum Gasteiger partial charge on any atom is -0.497 e. The zero-order chi connectivity index (χ0) is 20.6. The second-order valence-electron chi connectivity index (χ2n) is 7.61. The average Bonchev–Trinajstić information content (AvgIpc) is 2.75. The van der Waals surface area contributed by atoms with E-state index in [0.29, 0.717) is 11.4 Å². The molecule has 0 saturated heterocycles. The highest BCUT2D eigenvalue weighted by Gasteiger charge is 2.36. The van der Waals surface area contributed by atoms with Crippen LogP contribution in [0.1, 0.15) is 25.5 Å². The molecule has 0 radical (unpaired) electrons. The molecule has 4 rings (SSSR count). The fourth-order valence-corrected chi connectivity index (χ4v) is 5.49. The maximum atomic E-state index is 13.7. The van der Waals surface area contributed by atoms with E-state index in [9.17, 15) is 8.42 Å². The van der Waals surface area contributed by atoms with Crippen LogP contribution in [0.5, 0.6) is 5.75 Å². The van der Waals surface area contributed by atoms with Crippen LogP contribution in [0.2, 0.25) is 0 Å². The van der Waals surface area contributed by atoms with Gasteiger partial charge in [0.05, 0.1) is 18.0 Å². The van der Waals surface area contributed by atoms with Gasteiger partial charge in [0.25, 0.3) is 0 Å². The average molecular weight is 408 g/mol. The minimum absolute atomic E-state index is 0.166. The summed E-state index contributed by atoms with van der Waals surface area (Å²) in [6.45, 7) is 4.59. The van der Waals surface area contributed by atoms with E-state index in [1.54, 1.807) is 23.5 Å². The molecule has 0 aromatic heterocycles. The highest BCUT2D eigenvalue weighted by Crippen LogP contribution is 2.37. The van der Waals surface area contributed by atoms with Crippen molar-refractivity contribution in [1.82, 2.24) is 4.31 Å². The fourth-order valence-electron chi connectivity index (χ4n) is 3.80. The van der Waals surface area contributed by atoms with Gasteiger partial charge in [-0.05, 0) is 53.4 Å². The van der Waals surface area contributed by atoms with Gasteiger partial charge in [-0.25, -0.2) is 8.42 Å². The summed E-state index contributed by atoms with van der Waals surface area (Å²) < 4.78 is 34.2. The summed E-state index contributed by atoms with van der Waals surface area (Å²) in [6.07, 6.45) is 2.06. The third kappa shape index (κ3) is 3.68. The molecular formula is C24H25NO3S. The van der Waals surface area contributed by atoms with Gasteiger partial charge >= 0.3 is 0 Å². The largest absolute Gasteiger partial charge is 0.497 e. The summed E-state index contributed by atoms with van der Waals surface area (Å²) in [5, 5.41) is 1.95. The number of hydrogen-bond donors (Lipinski definition) is 0. The van der Waals surface area contributed by atoms with Crippen LogP contribution in [0, 0.1) is 5.92 Å². The molecule has 0 saturated carbocycles. The minimum atomic E-state index is -3.67. The normalized spacial score (nSPS) is 20.4. The maximum Gasteiger partial charge on any atom is 0.243 e. The molecule has 0 N–H and O–H groups in total. The van der Waals surface area contributed by atoms with Crippen molar-refractivity contribution in [3.05, 3.63) is 83.9 Å². The number of sulfonamides is 1. The molecule has 1 aliphatic rings. The van der Waals surface area contributed by atoms with Gasteiger partial charge in [0.15, 0.2) is 0 Å². The quantitative estimate of drug-likeness (QED) is 0.560. The van der Waals surface area contributed by atoms with E-state index < -0.39 is 10.0 Å². The SMILES string of the molecule is COc1ccc(C2C=C(C)[C@@H](C)CN2S(=O)(=O)c2ccc3ccccc3c2)cc1. The van der Waals surface area contributed by atoms with E-state index in [2.05, 4.69) is 19.9 Å². The molecule has 1 heterocycles. The van der Waals surface area contributed by atoms with Crippen molar-refractivity contribution in [2.45, 2.75) is 24.8 Å². The Hall–Kier alpha value is -2.63. The number of rotatable bonds is 4. The molecule has 3 aromatic rings. The van der Waals surface area contributed by atoms with Crippen LogP contribution in [0.3, 0.4) is 0 Å². The number of hydrogen-bond acceptors (Lipinski definition) is 3. The zero-order valence-electron chi connectivity index (χ0n) is 16.9. The molecule has 1 aliphatic heterocycles. The van der Waals surface area contributed by atoms with Crippen molar-refractivity contribution in [3.8, 4) is 5.75 Å². The predicted octanol–water partition coefficient (Wildman–Crippen LogP) is 5.18. The summed E-state index contributed by atoms with van der Waals surface area (Å²) in [4.78, 5) is 0.329. The van der Waals surface area contributed by atoms with E-state index in [0.717, 1.165) is 22.1 Å². The van der Waals surface area contributed by atoms with Crippen molar-refractivity contribution in [3.63, 3.8) is 0 Å². The van der Waals surface area contributed by atoms with Crippen molar-refractivity contribution in [2.75, 3.05) is 13.7 Å². The molecule has 150 valence electrons. The van der Waals surface area contributed by atoms with Gasteiger partial charge in [-0.3, -0.25) is 0 Å². The molecule has 1 unspecified atom stereocenters. The van der Waals surface area contributed by atoms with Crippen LogP contribution in [0.15, 0.2) is 83.3 Å². The zero-order valence-corrected chi connectivity index (χ0v) is 17.7. The molecule has 0 amide bonds. The Balaban J connectivity index is 1.79. The smallest absolute Gasteiger partial charge is 0.243 e. The number of fused-ring (bicyclic) bond motifs is 1. The van der Waals surface area contributed by atoms with Crippen molar-refractivity contribution < 1.29 is 13.2 Å². The molecule has 0 bridgehead atoms. The first-order chi connectivity index (χ1) is 13.9. The summed E-state index contributed by atoms with van der Waals surface area (Å²) in [5.41, 5.74) is 2.14. The Morgan fingerprint density at radius 3 is 2.34 bits per heavy atom. The lowest BCUT2D eigenvalue weighted by molar-refractivity contribution is 0.314. The first-order valence-electron chi connectivity index (χ1n) is 9.73. The van der Waals surface area contributed by atoms with Crippen molar-refractivity contribution in [1.29, 1.82) is 0 Å². The van der Waals surface area contributed by atoms with Crippen molar-refractivity contribution >= 4 is 20.8 Å². The standard InChI is InChI=1S/C24H25NO3S/c1-17-14-24(20-8-11-22(28-3)12-9-20)25(16-18(17)2)29(26,27)23-13-10-19-6-4-5-7-21(19)15-23/h4-15,18,24H,16H2,1-3H3/t18-,24?/m0/s1. The molecule has 0 spiro atoms. The number of nitrogens with zero attached hydrogens (tertiary/aromatic N) is 1. The fraction of sp³-hybridized carbons (Fsp3) is 0.250. The lowest BCUT2D eigenvalue weighted by atomic mass is 9.93. The van der Waals surface area contributed by atoms with E-state index in [1.165, 1.54) is 5.57 Å². The van der Waals surface area contributed by atoms with E-state index >= 15 is 0 Å². The Bertz CT molecular complexity index is 1170. The molecule has 2 atom stereocenters. The van der Waals surface area contributed by atoms with Crippen molar-refractivity contribution in [2.24, 2.45) is 5.92 Å². The summed E-state index contributed by atoms with van der Waals surface area (Å²) in [5.74, 6) is 0.919. The summed E-state index contributed by atoms with van der Waals surface area (Å²) >= 11 is 0. The lowest BCUT2D eigenvalue weighted by Crippen LogP contribution is -2.40. The first-order valence-corrected chi connectivity index (χ1v) is 11.2. The summed E-state index contributed by atoms with van der Waals surface area (Å²) in [7, 11) is -2.04. The third-order valence-corrected chi connectivity index (χ3v) is 7.59. The molecular weight excluding hydrogens is 382 g/mol. The maximum absolute atomic E-state index is 13.7. The van der Waals surface area contributed by atoms with Gasteiger partial charge in [-0.2, -0.15) is 4.31 Å². The van der Waals surface area contributed by atoms with E-state index in [4.69, 9.17) is 4.74 Å². The lowest BCUT2D eigenvalue weighted by Gasteiger charge is -2.36. The van der Waals surface area contributed by atoms with Crippen LogP contribution < -0.4 is 4.74 Å². The van der Waals surface area contributed by atoms with E-state index in [-0.39, 0.29) is 12.0 Å². The highest BCUT2D eigenvalue weighted by atomic mass is 32.2. The Labute approximate surface area is 172 Å².